The van der Waals surface area contributed by atoms with Gasteiger partial charge in [-0.05, 0) is 105 Å². The SMILES string of the molecule is CC(C)=C(C)C1(C)ON(C(C)(C)c2ccc(COC(C)C)cc2)C(C)(C)C1(C)OC(=O)C(C)C(C)(C)CCC(=O)N(C)C.CCCl.NC=O. The van der Waals surface area contributed by atoms with Crippen molar-refractivity contribution in [2.24, 2.45) is 17.1 Å². The van der Waals surface area contributed by atoms with Crippen LogP contribution in [0, 0.1) is 11.3 Å². The van der Waals surface area contributed by atoms with Gasteiger partial charge < -0.3 is 20.1 Å². The van der Waals surface area contributed by atoms with E-state index < -0.39 is 33.6 Å². The van der Waals surface area contributed by atoms with Gasteiger partial charge in [-0.3, -0.25) is 19.2 Å². The fraction of sp³-hybridized carbons (Fsp3) is 0.718. The molecule has 1 aromatic rings. The Morgan fingerprint density at radius 2 is 1.49 bits per heavy atom. The van der Waals surface area contributed by atoms with E-state index >= 15 is 0 Å². The monoisotopic (exact) mass is 709 g/mol. The van der Waals surface area contributed by atoms with E-state index in [1.54, 1.807) is 19.0 Å². The Hall–Kier alpha value is -2.46. The van der Waals surface area contributed by atoms with E-state index in [2.05, 4.69) is 78.5 Å². The fourth-order valence-electron chi connectivity index (χ4n) is 5.97. The second kappa shape index (κ2) is 18.7. The van der Waals surface area contributed by atoms with Crippen LogP contribution in [0.4, 0.5) is 0 Å². The largest absolute Gasteiger partial charge is 0.454 e. The molecule has 1 aliphatic heterocycles. The van der Waals surface area contributed by atoms with Crippen molar-refractivity contribution in [2.75, 3.05) is 20.0 Å². The fourth-order valence-corrected chi connectivity index (χ4v) is 5.97. The number of esters is 1. The van der Waals surface area contributed by atoms with Crippen molar-refractivity contribution in [1.82, 2.24) is 9.96 Å². The van der Waals surface area contributed by atoms with Crippen LogP contribution in [0.2, 0.25) is 0 Å². The first kappa shape index (κ1) is 46.5. The minimum atomic E-state index is -1.05. The van der Waals surface area contributed by atoms with Gasteiger partial charge in [0, 0.05) is 26.4 Å². The maximum atomic E-state index is 14.1. The number of hydroxylamine groups is 2. The summed E-state index contributed by atoms with van der Waals surface area (Å²) in [7, 11) is 3.51. The zero-order valence-electron chi connectivity index (χ0n) is 33.7. The van der Waals surface area contributed by atoms with E-state index in [0.717, 1.165) is 28.2 Å². The molecule has 1 aliphatic rings. The Labute approximate surface area is 303 Å². The number of nitrogens with two attached hydrogens (primary N) is 1. The maximum Gasteiger partial charge on any atom is 0.309 e. The normalized spacial score (nSPS) is 21.0. The summed E-state index contributed by atoms with van der Waals surface area (Å²) in [5.74, 6) is 0.0495. The average molecular weight is 710 g/mol. The van der Waals surface area contributed by atoms with E-state index in [0.29, 0.717) is 19.4 Å². The first-order valence-electron chi connectivity index (χ1n) is 17.3. The lowest BCUT2D eigenvalue weighted by Gasteiger charge is -2.48. The first-order valence-corrected chi connectivity index (χ1v) is 17.8. The number of halogens is 1. The number of hydrogen-bond acceptors (Lipinski definition) is 7. The number of nitrogens with zero attached hydrogens (tertiary/aromatic N) is 2. The molecule has 3 unspecified atom stereocenters. The Bertz CT molecular complexity index is 1250. The summed E-state index contributed by atoms with van der Waals surface area (Å²) in [5.41, 5.74) is 4.79. The van der Waals surface area contributed by atoms with Crippen molar-refractivity contribution >= 4 is 29.9 Å². The van der Waals surface area contributed by atoms with E-state index in [-0.39, 0.29) is 24.4 Å². The molecule has 1 aromatic carbocycles. The summed E-state index contributed by atoms with van der Waals surface area (Å²) in [6, 6.07) is 8.47. The van der Waals surface area contributed by atoms with Crippen LogP contribution < -0.4 is 5.73 Å². The molecule has 2 N–H and O–H groups in total. The summed E-state index contributed by atoms with van der Waals surface area (Å²) in [6.07, 6.45) is 1.38. The molecule has 1 fully saturated rings. The lowest BCUT2D eigenvalue weighted by Crippen LogP contribution is -2.63. The van der Waals surface area contributed by atoms with Gasteiger partial charge in [-0.25, -0.2) is 0 Å². The molecule has 0 saturated carbocycles. The second-order valence-corrected chi connectivity index (χ2v) is 16.1. The van der Waals surface area contributed by atoms with Crippen LogP contribution in [0.3, 0.4) is 0 Å². The van der Waals surface area contributed by atoms with E-state index in [9.17, 15) is 9.59 Å². The molecule has 49 heavy (non-hydrogen) atoms. The molecule has 1 saturated heterocycles. The van der Waals surface area contributed by atoms with Crippen LogP contribution >= 0.6 is 11.6 Å². The zero-order valence-corrected chi connectivity index (χ0v) is 34.4. The van der Waals surface area contributed by atoms with Crippen molar-refractivity contribution < 1.29 is 28.7 Å². The summed E-state index contributed by atoms with van der Waals surface area (Å²) in [6.45, 7) is 31.2. The molecule has 0 aliphatic carbocycles. The molecule has 2 rings (SSSR count). The number of ether oxygens (including phenoxy) is 2. The lowest BCUT2D eigenvalue weighted by atomic mass is 9.68. The predicted molar refractivity (Wildman–Crippen MR) is 201 cm³/mol. The third-order valence-corrected chi connectivity index (χ3v) is 10.4. The van der Waals surface area contributed by atoms with E-state index in [4.69, 9.17) is 30.7 Å². The van der Waals surface area contributed by atoms with Crippen LogP contribution in [-0.4, -0.2) is 71.1 Å². The van der Waals surface area contributed by atoms with Crippen molar-refractivity contribution in [3.8, 4) is 0 Å². The average Bonchev–Trinajstić information content (AvgIpc) is 3.16. The van der Waals surface area contributed by atoms with Gasteiger partial charge in [-0.2, -0.15) is 5.06 Å². The predicted octanol–water partition coefficient (Wildman–Crippen LogP) is 8.17. The third-order valence-electron chi connectivity index (χ3n) is 10.4. The van der Waals surface area contributed by atoms with Gasteiger partial charge in [0.25, 0.3) is 0 Å². The molecule has 10 heteroatoms. The number of carbonyl (C=O) groups is 3. The van der Waals surface area contributed by atoms with Crippen LogP contribution in [-0.2, 0) is 40.8 Å². The molecule has 2 amide bonds. The number of allylic oxidation sites excluding steroid dienone is 1. The van der Waals surface area contributed by atoms with Gasteiger partial charge in [0.1, 0.15) is 5.60 Å². The molecule has 0 spiro atoms. The number of rotatable bonds is 12. The van der Waals surface area contributed by atoms with Gasteiger partial charge >= 0.3 is 5.97 Å². The minimum absolute atomic E-state index is 0.0519. The van der Waals surface area contributed by atoms with Crippen molar-refractivity contribution in [3.63, 3.8) is 0 Å². The highest BCUT2D eigenvalue weighted by molar-refractivity contribution is 6.17. The van der Waals surface area contributed by atoms with Gasteiger partial charge in [0.05, 0.1) is 29.7 Å². The molecular weight excluding hydrogens is 642 g/mol. The maximum absolute atomic E-state index is 14.1. The summed E-state index contributed by atoms with van der Waals surface area (Å²) >= 11 is 5.00. The number of primary amides is 1. The highest BCUT2D eigenvalue weighted by atomic mass is 35.5. The standard InChI is InChI=1S/C36H60N2O5.C2H5Cl.CH3NO/c1-24(2)26(5)35(13)36(14,42-31(40)27(6)32(7,8)22-21-30(39)37(15)16)34(11,12)38(43-35)33(9,10)29-19-17-28(18-20-29)23-41-25(3)4;1-2-3;2-1-3/h17-20,25,27H,21-23H2,1-16H3;2H2,1H3;1H,(H2,2,3). The molecule has 0 radical (unpaired) electrons. The molecule has 0 bridgehead atoms. The van der Waals surface area contributed by atoms with Gasteiger partial charge in [0.2, 0.25) is 12.3 Å². The summed E-state index contributed by atoms with van der Waals surface area (Å²) in [5, 5.41) is 2.03. The summed E-state index contributed by atoms with van der Waals surface area (Å²) in [4.78, 5) is 43.6. The van der Waals surface area contributed by atoms with Crippen LogP contribution in [0.5, 0.6) is 0 Å². The Morgan fingerprint density at radius 3 is 1.90 bits per heavy atom. The van der Waals surface area contributed by atoms with Crippen LogP contribution in [0.25, 0.3) is 0 Å². The van der Waals surface area contributed by atoms with E-state index in [1.807, 2.05) is 60.5 Å². The number of hydrogen-bond donors (Lipinski definition) is 1. The zero-order chi connectivity index (χ0) is 38.8. The molecular formula is C39H68ClN3O6. The quantitative estimate of drug-likeness (QED) is 0.101. The minimum Gasteiger partial charge on any atom is -0.454 e. The smallest absolute Gasteiger partial charge is 0.309 e. The third kappa shape index (κ3) is 11.0. The second-order valence-electron chi connectivity index (χ2n) is 15.6. The Balaban J connectivity index is 0.00000356. The molecule has 1 heterocycles. The lowest BCUT2D eigenvalue weighted by molar-refractivity contribution is -0.255. The van der Waals surface area contributed by atoms with Crippen LogP contribution in [0.1, 0.15) is 128 Å². The van der Waals surface area contributed by atoms with Crippen molar-refractivity contribution in [2.45, 2.75) is 152 Å². The van der Waals surface area contributed by atoms with E-state index in [1.165, 1.54) is 0 Å². The number of benzene rings is 1. The topological polar surface area (TPSA) is 111 Å². The summed E-state index contributed by atoms with van der Waals surface area (Å²) < 4.78 is 12.5. The Kier molecular flexibility index (Phi) is 17.7. The first-order chi connectivity index (χ1) is 22.3. The highest BCUT2D eigenvalue weighted by Gasteiger charge is 2.71. The Morgan fingerprint density at radius 1 is 1.02 bits per heavy atom. The van der Waals surface area contributed by atoms with Crippen LogP contribution in [0.15, 0.2) is 35.4 Å². The van der Waals surface area contributed by atoms with Crippen molar-refractivity contribution in [1.29, 1.82) is 0 Å². The molecule has 9 nitrogen and oxygen atoms in total. The number of carbonyl (C=O) groups excluding carboxylic acids is 3. The number of amides is 2. The van der Waals surface area contributed by atoms with Gasteiger partial charge in [0.15, 0.2) is 5.60 Å². The molecule has 282 valence electrons. The van der Waals surface area contributed by atoms with Gasteiger partial charge in [-0.1, -0.05) is 57.5 Å². The van der Waals surface area contributed by atoms with Gasteiger partial charge in [-0.15, -0.1) is 11.6 Å². The molecule has 3 atom stereocenters. The molecule has 0 aromatic heterocycles. The number of alkyl halides is 1. The highest BCUT2D eigenvalue weighted by Crippen LogP contribution is 2.57. The van der Waals surface area contributed by atoms with Crippen molar-refractivity contribution in [3.05, 3.63) is 46.5 Å².